The van der Waals surface area contributed by atoms with Gasteiger partial charge >= 0.3 is 0 Å². The summed E-state index contributed by atoms with van der Waals surface area (Å²) in [6.45, 7) is 14.4. The van der Waals surface area contributed by atoms with E-state index in [-0.39, 0.29) is 0 Å². The molecule has 0 fully saturated rings. The van der Waals surface area contributed by atoms with E-state index in [9.17, 15) is 0 Å². The first-order valence-corrected chi connectivity index (χ1v) is 12.9. The van der Waals surface area contributed by atoms with Crippen LogP contribution in [-0.4, -0.2) is 26.1 Å². The van der Waals surface area contributed by atoms with Crippen LogP contribution in [0.1, 0.15) is 98.3 Å². The molecule has 0 radical (unpaired) electrons. The van der Waals surface area contributed by atoms with Gasteiger partial charge < -0.3 is 9.53 Å². The summed E-state index contributed by atoms with van der Waals surface area (Å²) in [6, 6.07) is 0. The van der Waals surface area contributed by atoms with E-state index in [2.05, 4.69) is 40.8 Å². The average Bonchev–Trinajstić information content (AvgIpc) is 2.45. The lowest BCUT2D eigenvalue weighted by molar-refractivity contribution is 0.154. The number of rotatable bonds is 14. The van der Waals surface area contributed by atoms with Gasteiger partial charge in [-0.1, -0.05) is 79.1 Å². The van der Waals surface area contributed by atoms with Gasteiger partial charge in [-0.2, -0.15) is 0 Å². The summed E-state index contributed by atoms with van der Waals surface area (Å²) >= 11 is 0. The lowest BCUT2D eigenvalue weighted by atomic mass is 10.0. The highest BCUT2D eigenvalue weighted by molar-refractivity contribution is 6.74. The third kappa shape index (κ3) is 11.3. The van der Waals surface area contributed by atoms with E-state index in [0.29, 0.717) is 17.7 Å². The first-order valence-electron chi connectivity index (χ1n) is 10.0. The molecule has 1 unspecified atom stereocenters. The van der Waals surface area contributed by atoms with Gasteiger partial charge in [-0.15, -0.1) is 0 Å². The van der Waals surface area contributed by atoms with Crippen LogP contribution in [0.2, 0.25) is 18.1 Å². The second-order valence-corrected chi connectivity index (χ2v) is 13.4. The minimum absolute atomic E-state index is 0.301. The highest BCUT2D eigenvalue weighted by Gasteiger charge is 2.38. The zero-order chi connectivity index (χ0) is 17.8. The molecule has 0 aromatic rings. The standard InChI is InChI=1S/C20H44O2Si/c1-7-8-9-13-16-19(17-14-11-10-12-15-18-21)22-23(5,6)20(2,3)4/h19,21H,7-18H2,1-6H3. The van der Waals surface area contributed by atoms with Gasteiger partial charge in [0.25, 0.3) is 0 Å². The zero-order valence-corrected chi connectivity index (χ0v) is 17.9. The molecule has 140 valence electrons. The molecule has 0 aliphatic heterocycles. The molecule has 0 aliphatic rings. The van der Waals surface area contributed by atoms with Crippen molar-refractivity contribution in [3.8, 4) is 0 Å². The molecule has 0 bridgehead atoms. The molecule has 3 heteroatoms. The van der Waals surface area contributed by atoms with Crippen molar-refractivity contribution >= 4 is 8.32 Å². The Morgan fingerprint density at radius 2 is 1.30 bits per heavy atom. The van der Waals surface area contributed by atoms with Gasteiger partial charge in [0.1, 0.15) is 0 Å². The van der Waals surface area contributed by atoms with E-state index in [1.165, 1.54) is 64.2 Å². The van der Waals surface area contributed by atoms with Gasteiger partial charge in [0.15, 0.2) is 8.32 Å². The van der Waals surface area contributed by atoms with Gasteiger partial charge in [-0.3, -0.25) is 0 Å². The van der Waals surface area contributed by atoms with Crippen molar-refractivity contribution in [2.75, 3.05) is 6.61 Å². The normalized spacial score (nSPS) is 14.2. The van der Waals surface area contributed by atoms with Crippen molar-refractivity contribution in [1.82, 2.24) is 0 Å². The Labute approximate surface area is 147 Å². The molecule has 1 N–H and O–H groups in total. The Balaban J connectivity index is 4.28. The predicted octanol–water partition coefficient (Wildman–Crippen LogP) is 6.68. The highest BCUT2D eigenvalue weighted by atomic mass is 28.4. The van der Waals surface area contributed by atoms with Crippen molar-refractivity contribution in [1.29, 1.82) is 0 Å². The van der Waals surface area contributed by atoms with E-state index in [1.54, 1.807) is 0 Å². The van der Waals surface area contributed by atoms with Crippen LogP contribution in [0.25, 0.3) is 0 Å². The van der Waals surface area contributed by atoms with Gasteiger partial charge in [0.2, 0.25) is 0 Å². The molecule has 23 heavy (non-hydrogen) atoms. The Kier molecular flexibility index (Phi) is 12.6. The molecule has 0 amide bonds. The molecule has 1 atom stereocenters. The Hall–Kier alpha value is 0.137. The quantitative estimate of drug-likeness (QED) is 0.281. The van der Waals surface area contributed by atoms with E-state index in [1.807, 2.05) is 0 Å². The highest BCUT2D eigenvalue weighted by Crippen LogP contribution is 2.38. The molecule has 0 aromatic heterocycles. The van der Waals surface area contributed by atoms with Gasteiger partial charge in [-0.25, -0.2) is 0 Å². The first kappa shape index (κ1) is 23.1. The fourth-order valence-electron chi connectivity index (χ4n) is 2.67. The van der Waals surface area contributed by atoms with E-state index >= 15 is 0 Å². The molecule has 0 heterocycles. The van der Waals surface area contributed by atoms with Crippen LogP contribution in [0.3, 0.4) is 0 Å². The Bertz CT molecular complexity index is 271. The maximum Gasteiger partial charge on any atom is 0.192 e. The summed E-state index contributed by atoms with van der Waals surface area (Å²) in [4.78, 5) is 0. The van der Waals surface area contributed by atoms with E-state index < -0.39 is 8.32 Å². The van der Waals surface area contributed by atoms with Crippen LogP contribution in [-0.2, 0) is 4.43 Å². The molecule has 0 aromatic carbocycles. The average molecular weight is 345 g/mol. The summed E-state index contributed by atoms with van der Waals surface area (Å²) < 4.78 is 6.71. The van der Waals surface area contributed by atoms with Crippen molar-refractivity contribution in [2.24, 2.45) is 0 Å². The number of hydrogen-bond donors (Lipinski definition) is 1. The number of unbranched alkanes of at least 4 members (excludes halogenated alkanes) is 7. The van der Waals surface area contributed by atoms with E-state index in [4.69, 9.17) is 9.53 Å². The van der Waals surface area contributed by atoms with Crippen molar-refractivity contribution < 1.29 is 9.53 Å². The predicted molar refractivity (Wildman–Crippen MR) is 106 cm³/mol. The molecular weight excluding hydrogens is 300 g/mol. The summed E-state index contributed by atoms with van der Waals surface area (Å²) in [7, 11) is -1.65. The van der Waals surface area contributed by atoms with Crippen LogP contribution in [0.15, 0.2) is 0 Å². The minimum atomic E-state index is -1.65. The maximum absolute atomic E-state index is 8.84. The van der Waals surface area contributed by atoms with Gasteiger partial charge in [-0.05, 0) is 37.4 Å². The molecule has 0 aliphatic carbocycles. The Morgan fingerprint density at radius 3 is 1.78 bits per heavy atom. The van der Waals surface area contributed by atoms with Crippen LogP contribution in [0.4, 0.5) is 0 Å². The topological polar surface area (TPSA) is 29.5 Å². The summed E-state index contributed by atoms with van der Waals surface area (Å²) in [5, 5.41) is 9.14. The summed E-state index contributed by atoms with van der Waals surface area (Å²) in [6.07, 6.45) is 14.2. The molecule has 2 nitrogen and oxygen atoms in total. The van der Waals surface area contributed by atoms with Crippen LogP contribution < -0.4 is 0 Å². The molecule has 0 spiro atoms. The van der Waals surface area contributed by atoms with Crippen molar-refractivity contribution in [2.45, 2.75) is 123 Å². The third-order valence-electron chi connectivity index (χ3n) is 5.33. The summed E-state index contributed by atoms with van der Waals surface area (Å²) in [5.41, 5.74) is 0. The Morgan fingerprint density at radius 1 is 0.826 bits per heavy atom. The van der Waals surface area contributed by atoms with Crippen LogP contribution in [0.5, 0.6) is 0 Å². The molecule has 0 rings (SSSR count). The molecule has 0 saturated carbocycles. The van der Waals surface area contributed by atoms with Crippen molar-refractivity contribution in [3.63, 3.8) is 0 Å². The lowest BCUT2D eigenvalue weighted by Crippen LogP contribution is -2.44. The molecule has 0 saturated heterocycles. The van der Waals surface area contributed by atoms with Gasteiger partial charge in [0.05, 0.1) is 0 Å². The van der Waals surface area contributed by atoms with Crippen LogP contribution >= 0.6 is 0 Å². The lowest BCUT2D eigenvalue weighted by Gasteiger charge is -2.39. The number of aliphatic hydroxyl groups excluding tert-OH is 1. The van der Waals surface area contributed by atoms with E-state index in [0.717, 1.165) is 6.42 Å². The number of hydrogen-bond acceptors (Lipinski definition) is 2. The first-order chi connectivity index (χ1) is 10.7. The fraction of sp³-hybridized carbons (Fsp3) is 1.00. The van der Waals surface area contributed by atoms with Gasteiger partial charge in [0, 0.05) is 12.7 Å². The van der Waals surface area contributed by atoms with Crippen LogP contribution in [0, 0.1) is 0 Å². The second-order valence-electron chi connectivity index (χ2n) is 8.63. The second kappa shape index (κ2) is 12.5. The zero-order valence-electron chi connectivity index (χ0n) is 16.9. The van der Waals surface area contributed by atoms with Crippen molar-refractivity contribution in [3.05, 3.63) is 0 Å². The fourth-order valence-corrected chi connectivity index (χ4v) is 4.09. The minimum Gasteiger partial charge on any atom is -0.414 e. The third-order valence-corrected chi connectivity index (χ3v) is 9.87. The summed E-state index contributed by atoms with van der Waals surface area (Å²) in [5.74, 6) is 0. The SMILES string of the molecule is CCCCCCC(CCCCCCCO)O[Si](C)(C)C(C)(C)C. The maximum atomic E-state index is 8.84. The smallest absolute Gasteiger partial charge is 0.192 e. The largest absolute Gasteiger partial charge is 0.414 e. The number of aliphatic hydroxyl groups is 1. The molecular formula is C20H44O2Si. The monoisotopic (exact) mass is 344 g/mol.